The van der Waals surface area contributed by atoms with Crippen molar-refractivity contribution >= 4 is 0 Å². The standard InChI is InChI=1S/C15H20N4/c1-12-3-2-4-13(9-12)10-19-11-17-18-15(19)14-5-7-16-8-6-14/h2-4,9,11,14,16H,5-8,10H2,1H3. The molecule has 1 aliphatic rings. The summed E-state index contributed by atoms with van der Waals surface area (Å²) < 4.78 is 2.20. The Kier molecular flexibility index (Phi) is 3.60. The lowest BCUT2D eigenvalue weighted by molar-refractivity contribution is 0.433. The Hall–Kier alpha value is -1.68. The van der Waals surface area contributed by atoms with E-state index in [9.17, 15) is 0 Å². The first kappa shape index (κ1) is 12.4. The highest BCUT2D eigenvalue weighted by atomic mass is 15.3. The summed E-state index contributed by atoms with van der Waals surface area (Å²) in [4.78, 5) is 0. The zero-order valence-corrected chi connectivity index (χ0v) is 11.3. The number of nitrogens with zero attached hydrogens (tertiary/aromatic N) is 3. The van der Waals surface area contributed by atoms with Crippen LogP contribution in [0.4, 0.5) is 0 Å². The van der Waals surface area contributed by atoms with E-state index in [1.807, 2.05) is 6.33 Å². The van der Waals surface area contributed by atoms with Gasteiger partial charge in [-0.2, -0.15) is 0 Å². The number of hydrogen-bond donors (Lipinski definition) is 1. The summed E-state index contributed by atoms with van der Waals surface area (Å²) in [6.07, 6.45) is 4.18. The highest BCUT2D eigenvalue weighted by molar-refractivity contribution is 5.22. The van der Waals surface area contributed by atoms with Crippen LogP contribution in [-0.4, -0.2) is 27.9 Å². The monoisotopic (exact) mass is 256 g/mol. The van der Waals surface area contributed by atoms with Crippen LogP contribution in [-0.2, 0) is 6.54 Å². The largest absolute Gasteiger partial charge is 0.317 e. The molecule has 0 atom stereocenters. The maximum Gasteiger partial charge on any atom is 0.136 e. The third-order valence-electron chi connectivity index (χ3n) is 3.79. The molecule has 0 saturated carbocycles. The summed E-state index contributed by atoms with van der Waals surface area (Å²) in [5, 5.41) is 11.8. The normalized spacial score (nSPS) is 16.7. The van der Waals surface area contributed by atoms with Crippen molar-refractivity contribution < 1.29 is 0 Å². The number of aromatic nitrogens is 3. The van der Waals surface area contributed by atoms with Gasteiger partial charge in [-0.3, -0.25) is 0 Å². The fourth-order valence-corrected chi connectivity index (χ4v) is 2.79. The van der Waals surface area contributed by atoms with Gasteiger partial charge in [0.1, 0.15) is 12.2 Å². The van der Waals surface area contributed by atoms with Crippen LogP contribution >= 0.6 is 0 Å². The van der Waals surface area contributed by atoms with Gasteiger partial charge < -0.3 is 9.88 Å². The van der Waals surface area contributed by atoms with Gasteiger partial charge in [-0.05, 0) is 38.4 Å². The van der Waals surface area contributed by atoms with Gasteiger partial charge in [-0.25, -0.2) is 0 Å². The molecule has 1 aliphatic heterocycles. The highest BCUT2D eigenvalue weighted by Crippen LogP contribution is 2.23. The van der Waals surface area contributed by atoms with Gasteiger partial charge in [-0.1, -0.05) is 29.8 Å². The average Bonchev–Trinajstić information content (AvgIpc) is 2.88. The van der Waals surface area contributed by atoms with Crippen LogP contribution in [0.3, 0.4) is 0 Å². The molecule has 0 radical (unpaired) electrons. The average molecular weight is 256 g/mol. The van der Waals surface area contributed by atoms with E-state index in [2.05, 4.69) is 51.3 Å². The number of benzene rings is 1. The van der Waals surface area contributed by atoms with E-state index < -0.39 is 0 Å². The summed E-state index contributed by atoms with van der Waals surface area (Å²) in [7, 11) is 0. The minimum absolute atomic E-state index is 0.550. The maximum atomic E-state index is 4.34. The Morgan fingerprint density at radius 3 is 2.95 bits per heavy atom. The molecule has 4 heteroatoms. The van der Waals surface area contributed by atoms with Crippen molar-refractivity contribution in [3.05, 3.63) is 47.5 Å². The Morgan fingerprint density at radius 1 is 1.32 bits per heavy atom. The first-order valence-corrected chi connectivity index (χ1v) is 6.97. The van der Waals surface area contributed by atoms with Crippen molar-refractivity contribution in [2.24, 2.45) is 0 Å². The SMILES string of the molecule is Cc1cccc(Cn2cnnc2C2CCNCC2)c1. The van der Waals surface area contributed by atoms with Gasteiger partial charge in [0, 0.05) is 5.92 Å². The predicted molar refractivity (Wildman–Crippen MR) is 75.1 cm³/mol. The Labute approximate surface area is 113 Å². The molecular weight excluding hydrogens is 236 g/mol. The quantitative estimate of drug-likeness (QED) is 0.914. The summed E-state index contributed by atoms with van der Waals surface area (Å²) in [6.45, 7) is 5.17. The highest BCUT2D eigenvalue weighted by Gasteiger charge is 2.20. The van der Waals surface area contributed by atoms with Crippen molar-refractivity contribution in [3.8, 4) is 0 Å². The second-order valence-corrected chi connectivity index (χ2v) is 5.33. The van der Waals surface area contributed by atoms with Gasteiger partial charge in [0.25, 0.3) is 0 Å². The number of hydrogen-bond acceptors (Lipinski definition) is 3. The molecule has 2 aromatic rings. The summed E-state index contributed by atoms with van der Waals surface area (Å²) in [5.41, 5.74) is 2.61. The number of rotatable bonds is 3. The fraction of sp³-hybridized carbons (Fsp3) is 0.467. The molecule has 1 aromatic carbocycles. The van der Waals surface area contributed by atoms with Crippen molar-refractivity contribution in [1.29, 1.82) is 0 Å². The van der Waals surface area contributed by atoms with Crippen molar-refractivity contribution in [1.82, 2.24) is 20.1 Å². The molecule has 1 saturated heterocycles. The minimum atomic E-state index is 0.550. The molecule has 2 heterocycles. The Morgan fingerprint density at radius 2 is 2.16 bits per heavy atom. The van der Waals surface area contributed by atoms with E-state index in [1.165, 1.54) is 11.1 Å². The molecule has 3 rings (SSSR count). The lowest BCUT2D eigenvalue weighted by Gasteiger charge is -2.22. The zero-order valence-electron chi connectivity index (χ0n) is 11.3. The number of nitrogens with one attached hydrogen (secondary N) is 1. The molecule has 0 unspecified atom stereocenters. The maximum absolute atomic E-state index is 4.34. The van der Waals surface area contributed by atoms with Crippen LogP contribution < -0.4 is 5.32 Å². The first-order valence-electron chi connectivity index (χ1n) is 6.97. The Bertz CT molecular complexity index is 541. The molecular formula is C15H20N4. The fourth-order valence-electron chi connectivity index (χ4n) is 2.79. The zero-order chi connectivity index (χ0) is 13.1. The van der Waals surface area contributed by atoms with Crippen LogP contribution in [0.2, 0.25) is 0 Å². The van der Waals surface area contributed by atoms with E-state index in [0.717, 1.165) is 38.3 Å². The molecule has 0 amide bonds. The third kappa shape index (κ3) is 2.84. The van der Waals surface area contributed by atoms with Gasteiger partial charge >= 0.3 is 0 Å². The lowest BCUT2D eigenvalue weighted by atomic mass is 9.97. The van der Waals surface area contributed by atoms with Crippen molar-refractivity contribution in [3.63, 3.8) is 0 Å². The summed E-state index contributed by atoms with van der Waals surface area (Å²) >= 11 is 0. The molecule has 0 spiro atoms. The van der Waals surface area contributed by atoms with Crippen LogP contribution in [0, 0.1) is 6.92 Å². The summed E-state index contributed by atoms with van der Waals surface area (Å²) in [5.74, 6) is 1.69. The van der Waals surface area contributed by atoms with Crippen LogP contribution in [0.15, 0.2) is 30.6 Å². The van der Waals surface area contributed by atoms with Crippen LogP contribution in [0.25, 0.3) is 0 Å². The van der Waals surface area contributed by atoms with Gasteiger partial charge in [-0.15, -0.1) is 10.2 Å². The predicted octanol–water partition coefficient (Wildman–Crippen LogP) is 2.10. The van der Waals surface area contributed by atoms with E-state index in [1.54, 1.807) is 0 Å². The van der Waals surface area contributed by atoms with Crippen molar-refractivity contribution in [2.75, 3.05) is 13.1 Å². The van der Waals surface area contributed by atoms with E-state index in [4.69, 9.17) is 0 Å². The first-order chi connectivity index (χ1) is 9.33. The van der Waals surface area contributed by atoms with E-state index in [0.29, 0.717) is 5.92 Å². The van der Waals surface area contributed by atoms with Gasteiger partial charge in [0.05, 0.1) is 6.54 Å². The third-order valence-corrected chi connectivity index (χ3v) is 3.79. The number of aryl methyl sites for hydroxylation is 1. The molecule has 4 nitrogen and oxygen atoms in total. The molecule has 1 fully saturated rings. The smallest absolute Gasteiger partial charge is 0.136 e. The molecule has 19 heavy (non-hydrogen) atoms. The second-order valence-electron chi connectivity index (χ2n) is 5.33. The van der Waals surface area contributed by atoms with Gasteiger partial charge in [0.15, 0.2) is 0 Å². The molecule has 1 N–H and O–H groups in total. The van der Waals surface area contributed by atoms with E-state index >= 15 is 0 Å². The van der Waals surface area contributed by atoms with Crippen LogP contribution in [0.1, 0.15) is 35.7 Å². The van der Waals surface area contributed by atoms with Crippen LogP contribution in [0.5, 0.6) is 0 Å². The molecule has 0 aliphatic carbocycles. The second kappa shape index (κ2) is 5.53. The van der Waals surface area contributed by atoms with Crippen molar-refractivity contribution in [2.45, 2.75) is 32.2 Å². The lowest BCUT2D eigenvalue weighted by Crippen LogP contribution is -2.28. The summed E-state index contributed by atoms with van der Waals surface area (Å²) in [6, 6.07) is 8.63. The van der Waals surface area contributed by atoms with Gasteiger partial charge in [0.2, 0.25) is 0 Å². The topological polar surface area (TPSA) is 42.7 Å². The Balaban J connectivity index is 1.80. The van der Waals surface area contributed by atoms with E-state index in [-0.39, 0.29) is 0 Å². The minimum Gasteiger partial charge on any atom is -0.317 e. The number of piperidine rings is 1. The molecule has 0 bridgehead atoms. The molecule has 100 valence electrons. The molecule has 1 aromatic heterocycles.